The second-order valence-corrected chi connectivity index (χ2v) is 5.31. The maximum absolute atomic E-state index is 9.87. The van der Waals surface area contributed by atoms with E-state index >= 15 is 0 Å². The third-order valence-electron chi connectivity index (χ3n) is 2.14. The number of aliphatic hydroxyl groups excluding tert-OH is 1. The van der Waals surface area contributed by atoms with E-state index in [0.29, 0.717) is 6.42 Å². The molecule has 0 aromatic carbocycles. The van der Waals surface area contributed by atoms with Crippen LogP contribution in [-0.4, -0.2) is 40.4 Å². The van der Waals surface area contributed by atoms with Gasteiger partial charge in [0, 0.05) is 29.5 Å². The fraction of sp³-hybridized carbons (Fsp3) is 0.667. The van der Waals surface area contributed by atoms with Crippen LogP contribution in [0, 0.1) is 0 Å². The molecule has 5 heteroatoms. The molecule has 1 fully saturated rings. The first-order chi connectivity index (χ1) is 6.86. The summed E-state index contributed by atoms with van der Waals surface area (Å²) in [4.78, 5) is 4.15. The molecule has 0 saturated carbocycles. The number of rotatable bonds is 3. The highest BCUT2D eigenvalue weighted by atomic mass is 32.2. The lowest BCUT2D eigenvalue weighted by atomic mass is 10.1. The predicted octanol–water partition coefficient (Wildman–Crippen LogP) is 1.18. The molecule has 1 aromatic rings. The van der Waals surface area contributed by atoms with Gasteiger partial charge in [0.2, 0.25) is 0 Å². The van der Waals surface area contributed by atoms with Crippen LogP contribution in [-0.2, 0) is 11.2 Å². The number of thioether (sulfide) groups is 1. The summed E-state index contributed by atoms with van der Waals surface area (Å²) in [6, 6.07) is 0. The predicted molar refractivity (Wildman–Crippen MR) is 58.9 cm³/mol. The molecule has 2 rings (SSSR count). The zero-order valence-electron chi connectivity index (χ0n) is 7.76. The summed E-state index contributed by atoms with van der Waals surface area (Å²) in [5.41, 5.74) is 0. The summed E-state index contributed by atoms with van der Waals surface area (Å²) in [6.45, 7) is 0.754. The second kappa shape index (κ2) is 5.11. The van der Waals surface area contributed by atoms with Crippen molar-refractivity contribution in [1.82, 2.24) is 4.98 Å². The first-order valence-corrected chi connectivity index (χ1v) is 6.65. The van der Waals surface area contributed by atoms with Crippen molar-refractivity contribution in [1.29, 1.82) is 0 Å². The molecule has 2 heterocycles. The van der Waals surface area contributed by atoms with Crippen LogP contribution < -0.4 is 0 Å². The van der Waals surface area contributed by atoms with Crippen LogP contribution in [0.1, 0.15) is 5.01 Å². The summed E-state index contributed by atoms with van der Waals surface area (Å²) in [5.74, 6) is 1.94. The van der Waals surface area contributed by atoms with Crippen LogP contribution in [0.3, 0.4) is 0 Å². The summed E-state index contributed by atoms with van der Waals surface area (Å²) in [6.07, 6.45) is 1.96. The van der Waals surface area contributed by atoms with Crippen molar-refractivity contribution in [2.75, 3.05) is 18.1 Å². The van der Waals surface area contributed by atoms with Crippen molar-refractivity contribution in [3.05, 3.63) is 16.6 Å². The van der Waals surface area contributed by atoms with Crippen LogP contribution >= 0.6 is 23.1 Å². The van der Waals surface area contributed by atoms with Gasteiger partial charge in [-0.25, -0.2) is 4.98 Å². The third-order valence-corrected chi connectivity index (χ3v) is 3.96. The highest BCUT2D eigenvalue weighted by Gasteiger charge is 2.23. The number of thiazole rings is 1. The Bertz CT molecular complexity index is 260. The minimum Gasteiger partial charge on any atom is -0.390 e. The molecule has 0 radical (unpaired) electrons. The van der Waals surface area contributed by atoms with Crippen molar-refractivity contribution in [3.63, 3.8) is 0 Å². The standard InChI is InChI=1S/C9H13NO2S2/c11-7(5-9-10-1-3-14-9)8-6-13-4-2-12-8/h1,3,7-8,11H,2,4-6H2. The van der Waals surface area contributed by atoms with E-state index in [1.165, 1.54) is 0 Å². The molecular weight excluding hydrogens is 218 g/mol. The molecule has 0 spiro atoms. The van der Waals surface area contributed by atoms with E-state index in [4.69, 9.17) is 4.74 Å². The van der Waals surface area contributed by atoms with E-state index < -0.39 is 6.10 Å². The molecule has 2 unspecified atom stereocenters. The van der Waals surface area contributed by atoms with Crippen LogP contribution in [0.4, 0.5) is 0 Å². The summed E-state index contributed by atoms with van der Waals surface area (Å²) in [7, 11) is 0. The van der Waals surface area contributed by atoms with Crippen molar-refractivity contribution >= 4 is 23.1 Å². The first-order valence-electron chi connectivity index (χ1n) is 4.62. The van der Waals surface area contributed by atoms with Gasteiger partial charge in [-0.2, -0.15) is 11.8 Å². The Morgan fingerprint density at radius 1 is 1.71 bits per heavy atom. The number of nitrogens with zero attached hydrogens (tertiary/aromatic N) is 1. The number of aromatic nitrogens is 1. The van der Waals surface area contributed by atoms with Gasteiger partial charge < -0.3 is 9.84 Å². The van der Waals surface area contributed by atoms with Crippen LogP contribution in [0.5, 0.6) is 0 Å². The van der Waals surface area contributed by atoms with E-state index in [1.54, 1.807) is 17.5 Å². The van der Waals surface area contributed by atoms with Gasteiger partial charge in [0.15, 0.2) is 0 Å². The summed E-state index contributed by atoms with van der Waals surface area (Å²) in [5, 5.41) is 12.8. The van der Waals surface area contributed by atoms with Gasteiger partial charge >= 0.3 is 0 Å². The Kier molecular flexibility index (Phi) is 3.81. The molecular formula is C9H13NO2S2. The lowest BCUT2D eigenvalue weighted by Crippen LogP contribution is -2.36. The zero-order valence-corrected chi connectivity index (χ0v) is 9.39. The molecule has 2 atom stereocenters. The highest BCUT2D eigenvalue weighted by Crippen LogP contribution is 2.18. The van der Waals surface area contributed by atoms with Gasteiger partial charge in [-0.1, -0.05) is 0 Å². The van der Waals surface area contributed by atoms with E-state index in [-0.39, 0.29) is 6.10 Å². The number of hydrogen-bond donors (Lipinski definition) is 1. The average molecular weight is 231 g/mol. The smallest absolute Gasteiger partial charge is 0.0951 e. The summed E-state index contributed by atoms with van der Waals surface area (Å²) < 4.78 is 5.49. The highest BCUT2D eigenvalue weighted by molar-refractivity contribution is 7.99. The number of aliphatic hydroxyl groups is 1. The average Bonchev–Trinajstić information content (AvgIpc) is 2.72. The van der Waals surface area contributed by atoms with Crippen LogP contribution in [0.15, 0.2) is 11.6 Å². The van der Waals surface area contributed by atoms with E-state index in [0.717, 1.165) is 23.1 Å². The molecule has 14 heavy (non-hydrogen) atoms. The molecule has 1 aromatic heterocycles. The fourth-order valence-corrected chi connectivity index (χ4v) is 2.99. The topological polar surface area (TPSA) is 42.4 Å². The van der Waals surface area contributed by atoms with Gasteiger partial charge in [0.25, 0.3) is 0 Å². The lowest BCUT2D eigenvalue weighted by Gasteiger charge is -2.26. The zero-order chi connectivity index (χ0) is 9.80. The molecule has 78 valence electrons. The molecule has 3 nitrogen and oxygen atoms in total. The fourth-order valence-electron chi connectivity index (χ4n) is 1.39. The van der Waals surface area contributed by atoms with Crippen molar-refractivity contribution in [3.8, 4) is 0 Å². The Balaban J connectivity index is 1.85. The first kappa shape index (κ1) is 10.4. The van der Waals surface area contributed by atoms with Gasteiger partial charge in [0.05, 0.1) is 23.8 Å². The van der Waals surface area contributed by atoms with E-state index in [2.05, 4.69) is 4.98 Å². The van der Waals surface area contributed by atoms with Crippen LogP contribution in [0.25, 0.3) is 0 Å². The molecule has 0 aliphatic carbocycles. The minimum atomic E-state index is -0.408. The minimum absolute atomic E-state index is 0.0161. The Labute approximate surface area is 91.5 Å². The molecule has 1 saturated heterocycles. The van der Waals surface area contributed by atoms with Gasteiger partial charge in [-0.3, -0.25) is 0 Å². The normalized spacial score (nSPS) is 24.8. The van der Waals surface area contributed by atoms with Crippen LogP contribution in [0.2, 0.25) is 0 Å². The Morgan fingerprint density at radius 3 is 3.29 bits per heavy atom. The molecule has 1 aliphatic rings. The largest absolute Gasteiger partial charge is 0.390 e. The van der Waals surface area contributed by atoms with Crippen molar-refractivity contribution < 1.29 is 9.84 Å². The lowest BCUT2D eigenvalue weighted by molar-refractivity contribution is -0.0208. The Hall–Kier alpha value is -0.100. The SMILES string of the molecule is OC(Cc1nccs1)C1CSCCO1. The van der Waals surface area contributed by atoms with Crippen molar-refractivity contribution in [2.24, 2.45) is 0 Å². The van der Waals surface area contributed by atoms with Gasteiger partial charge in [-0.15, -0.1) is 11.3 Å². The van der Waals surface area contributed by atoms with Gasteiger partial charge in [-0.05, 0) is 0 Å². The molecule has 0 bridgehead atoms. The van der Waals surface area contributed by atoms with E-state index in [1.807, 2.05) is 17.1 Å². The molecule has 0 amide bonds. The van der Waals surface area contributed by atoms with Gasteiger partial charge in [0.1, 0.15) is 0 Å². The monoisotopic (exact) mass is 231 g/mol. The summed E-state index contributed by atoms with van der Waals surface area (Å²) >= 11 is 3.42. The van der Waals surface area contributed by atoms with Crippen molar-refractivity contribution in [2.45, 2.75) is 18.6 Å². The Morgan fingerprint density at radius 2 is 2.64 bits per heavy atom. The third kappa shape index (κ3) is 2.70. The maximum Gasteiger partial charge on any atom is 0.0951 e. The maximum atomic E-state index is 9.87. The van der Waals surface area contributed by atoms with E-state index in [9.17, 15) is 5.11 Å². The number of ether oxygens (including phenoxy) is 1. The number of hydrogen-bond acceptors (Lipinski definition) is 5. The second-order valence-electron chi connectivity index (χ2n) is 3.18. The molecule has 1 N–H and O–H groups in total. The quantitative estimate of drug-likeness (QED) is 0.848. The molecule has 1 aliphatic heterocycles.